The molecule has 1 saturated heterocycles. The highest BCUT2D eigenvalue weighted by Gasteiger charge is 2.13. The number of benzene rings is 2. The zero-order valence-corrected chi connectivity index (χ0v) is 12.7. The van der Waals surface area contributed by atoms with Gasteiger partial charge >= 0.3 is 0 Å². The van der Waals surface area contributed by atoms with E-state index < -0.39 is 0 Å². The van der Waals surface area contributed by atoms with Crippen molar-refractivity contribution in [3.05, 3.63) is 53.1 Å². The molecule has 0 aliphatic carbocycles. The van der Waals surface area contributed by atoms with E-state index in [2.05, 4.69) is 36.1 Å². The van der Waals surface area contributed by atoms with Crippen molar-refractivity contribution in [2.75, 3.05) is 18.0 Å². The number of halogens is 1. The van der Waals surface area contributed by atoms with E-state index in [4.69, 9.17) is 11.6 Å². The normalized spacial score (nSPS) is 15.4. The maximum atomic E-state index is 6.31. The summed E-state index contributed by atoms with van der Waals surface area (Å²) in [5, 5.41) is 0.821. The molecule has 0 atom stereocenters. The van der Waals surface area contributed by atoms with Crippen LogP contribution in [0.3, 0.4) is 0 Å². The Morgan fingerprint density at radius 3 is 2.35 bits per heavy atom. The summed E-state index contributed by atoms with van der Waals surface area (Å²) in [4.78, 5) is 2.49. The van der Waals surface area contributed by atoms with Crippen LogP contribution in [0, 0.1) is 6.92 Å². The molecule has 104 valence electrons. The van der Waals surface area contributed by atoms with Gasteiger partial charge in [-0.2, -0.15) is 0 Å². The molecule has 0 radical (unpaired) electrons. The highest BCUT2D eigenvalue weighted by atomic mass is 35.5. The van der Waals surface area contributed by atoms with E-state index >= 15 is 0 Å². The zero-order chi connectivity index (χ0) is 13.9. The van der Waals surface area contributed by atoms with Crippen molar-refractivity contribution in [2.24, 2.45) is 0 Å². The van der Waals surface area contributed by atoms with Crippen LogP contribution in [0.1, 0.15) is 24.8 Å². The number of piperidine rings is 1. The predicted octanol–water partition coefficient (Wildman–Crippen LogP) is 5.31. The van der Waals surface area contributed by atoms with E-state index in [0.717, 1.165) is 10.6 Å². The number of hydrogen-bond donors (Lipinski definition) is 0. The molecule has 0 spiro atoms. The molecule has 2 heteroatoms. The second-order valence-corrected chi connectivity index (χ2v) is 5.93. The number of nitrogens with zero attached hydrogens (tertiary/aromatic N) is 1. The molecule has 1 heterocycles. The highest BCUT2D eigenvalue weighted by molar-refractivity contribution is 6.33. The molecular formula is C18H20ClN. The standard InChI is InChI=1S/C18H20ClN/c1-14-13-15(20-11-5-2-6-12-20)9-10-16(14)17-7-3-4-8-18(17)19/h3-4,7-10,13H,2,5-6,11-12H2,1H3. The van der Waals surface area contributed by atoms with E-state index in [-0.39, 0.29) is 0 Å². The van der Waals surface area contributed by atoms with E-state index in [9.17, 15) is 0 Å². The summed E-state index contributed by atoms with van der Waals surface area (Å²) >= 11 is 6.31. The molecule has 0 saturated carbocycles. The first kappa shape index (κ1) is 13.5. The van der Waals surface area contributed by atoms with Crippen LogP contribution < -0.4 is 4.90 Å². The lowest BCUT2D eigenvalue weighted by molar-refractivity contribution is 0.578. The largest absolute Gasteiger partial charge is 0.372 e. The van der Waals surface area contributed by atoms with Gasteiger partial charge in [0.1, 0.15) is 0 Å². The van der Waals surface area contributed by atoms with Gasteiger partial charge in [-0.05, 0) is 55.5 Å². The molecule has 1 aliphatic rings. The Bertz CT molecular complexity index is 600. The molecule has 1 fully saturated rings. The van der Waals surface area contributed by atoms with Crippen molar-refractivity contribution in [3.8, 4) is 11.1 Å². The molecule has 0 unspecified atom stereocenters. The average molecular weight is 286 g/mol. The number of aryl methyl sites for hydroxylation is 1. The molecule has 1 aliphatic heterocycles. The fourth-order valence-electron chi connectivity index (χ4n) is 2.98. The fraction of sp³-hybridized carbons (Fsp3) is 0.333. The summed E-state index contributed by atoms with van der Waals surface area (Å²) in [6.45, 7) is 4.54. The van der Waals surface area contributed by atoms with Crippen LogP contribution in [0.25, 0.3) is 11.1 Å². The monoisotopic (exact) mass is 285 g/mol. The molecule has 2 aromatic rings. The Hall–Kier alpha value is -1.47. The fourth-order valence-corrected chi connectivity index (χ4v) is 3.22. The Morgan fingerprint density at radius 1 is 0.900 bits per heavy atom. The van der Waals surface area contributed by atoms with Gasteiger partial charge in [0.05, 0.1) is 0 Å². The van der Waals surface area contributed by atoms with Gasteiger partial charge < -0.3 is 4.90 Å². The van der Waals surface area contributed by atoms with E-state index in [1.165, 1.54) is 49.2 Å². The van der Waals surface area contributed by atoms with E-state index in [1.807, 2.05) is 18.2 Å². The molecule has 2 aromatic carbocycles. The van der Waals surface area contributed by atoms with Crippen molar-refractivity contribution in [3.63, 3.8) is 0 Å². The summed E-state index contributed by atoms with van der Waals surface area (Å²) in [5.74, 6) is 0. The Balaban J connectivity index is 1.93. The zero-order valence-electron chi connectivity index (χ0n) is 11.9. The predicted molar refractivity (Wildman–Crippen MR) is 87.7 cm³/mol. The average Bonchev–Trinajstić information content (AvgIpc) is 2.49. The first-order valence-corrected chi connectivity index (χ1v) is 7.74. The van der Waals surface area contributed by atoms with Crippen LogP contribution in [0.5, 0.6) is 0 Å². The minimum absolute atomic E-state index is 0.821. The summed E-state index contributed by atoms with van der Waals surface area (Å²) in [6.07, 6.45) is 3.99. The topological polar surface area (TPSA) is 3.24 Å². The second-order valence-electron chi connectivity index (χ2n) is 5.53. The Labute approximate surface area is 126 Å². The third kappa shape index (κ3) is 2.69. The van der Waals surface area contributed by atoms with Gasteiger partial charge in [-0.15, -0.1) is 0 Å². The number of anilines is 1. The summed E-state index contributed by atoms with van der Waals surface area (Å²) in [5.41, 5.74) is 4.99. The molecular weight excluding hydrogens is 266 g/mol. The maximum absolute atomic E-state index is 6.31. The van der Waals surface area contributed by atoms with Gasteiger partial charge in [0, 0.05) is 29.4 Å². The van der Waals surface area contributed by atoms with Gasteiger partial charge in [-0.3, -0.25) is 0 Å². The third-order valence-corrected chi connectivity index (χ3v) is 4.42. The summed E-state index contributed by atoms with van der Waals surface area (Å²) in [7, 11) is 0. The van der Waals surface area contributed by atoms with Crippen molar-refractivity contribution in [1.29, 1.82) is 0 Å². The van der Waals surface area contributed by atoms with Gasteiger partial charge in [0.15, 0.2) is 0 Å². The van der Waals surface area contributed by atoms with E-state index in [0.29, 0.717) is 0 Å². The van der Waals surface area contributed by atoms with Crippen molar-refractivity contribution >= 4 is 17.3 Å². The lowest BCUT2D eigenvalue weighted by atomic mass is 9.99. The molecule has 0 N–H and O–H groups in total. The minimum atomic E-state index is 0.821. The van der Waals surface area contributed by atoms with Crippen LogP contribution in [0.4, 0.5) is 5.69 Å². The Kier molecular flexibility index (Phi) is 3.98. The number of rotatable bonds is 2. The summed E-state index contributed by atoms with van der Waals surface area (Å²) in [6, 6.07) is 14.8. The second kappa shape index (κ2) is 5.88. The smallest absolute Gasteiger partial charge is 0.0484 e. The van der Waals surface area contributed by atoms with Gasteiger partial charge in [0.25, 0.3) is 0 Å². The van der Waals surface area contributed by atoms with Crippen LogP contribution in [0.15, 0.2) is 42.5 Å². The van der Waals surface area contributed by atoms with Crippen molar-refractivity contribution < 1.29 is 0 Å². The lowest BCUT2D eigenvalue weighted by Crippen LogP contribution is -2.29. The van der Waals surface area contributed by atoms with Crippen molar-refractivity contribution in [1.82, 2.24) is 0 Å². The van der Waals surface area contributed by atoms with Crippen LogP contribution in [0.2, 0.25) is 5.02 Å². The van der Waals surface area contributed by atoms with Crippen molar-refractivity contribution in [2.45, 2.75) is 26.2 Å². The molecule has 0 bridgehead atoms. The third-order valence-electron chi connectivity index (χ3n) is 4.10. The van der Waals surface area contributed by atoms with Crippen LogP contribution >= 0.6 is 11.6 Å². The first-order valence-electron chi connectivity index (χ1n) is 7.36. The molecule has 0 amide bonds. The van der Waals surface area contributed by atoms with Crippen LogP contribution in [-0.4, -0.2) is 13.1 Å². The van der Waals surface area contributed by atoms with Gasteiger partial charge in [0.2, 0.25) is 0 Å². The van der Waals surface area contributed by atoms with Gasteiger partial charge in [-0.1, -0.05) is 35.9 Å². The SMILES string of the molecule is Cc1cc(N2CCCCC2)ccc1-c1ccccc1Cl. The van der Waals surface area contributed by atoms with Crippen LogP contribution in [-0.2, 0) is 0 Å². The molecule has 1 nitrogen and oxygen atoms in total. The summed E-state index contributed by atoms with van der Waals surface area (Å²) < 4.78 is 0. The lowest BCUT2D eigenvalue weighted by Gasteiger charge is -2.29. The number of hydrogen-bond acceptors (Lipinski definition) is 1. The van der Waals surface area contributed by atoms with Gasteiger partial charge in [-0.25, -0.2) is 0 Å². The quantitative estimate of drug-likeness (QED) is 0.723. The maximum Gasteiger partial charge on any atom is 0.0484 e. The first-order chi connectivity index (χ1) is 9.75. The Morgan fingerprint density at radius 2 is 1.65 bits per heavy atom. The molecule has 3 rings (SSSR count). The molecule has 20 heavy (non-hydrogen) atoms. The highest BCUT2D eigenvalue weighted by Crippen LogP contribution is 2.32. The minimum Gasteiger partial charge on any atom is -0.372 e. The van der Waals surface area contributed by atoms with E-state index in [1.54, 1.807) is 0 Å². The molecule has 0 aromatic heterocycles.